The number of hydrogen-bond acceptors (Lipinski definition) is 2. The van der Waals surface area contributed by atoms with Crippen molar-refractivity contribution in [2.75, 3.05) is 0 Å². The highest BCUT2D eigenvalue weighted by molar-refractivity contribution is 5.83. The van der Waals surface area contributed by atoms with Crippen LogP contribution in [0.4, 0.5) is 13.2 Å². The van der Waals surface area contributed by atoms with Crippen molar-refractivity contribution in [1.29, 1.82) is 0 Å². The highest BCUT2D eigenvalue weighted by Crippen LogP contribution is 2.36. The first-order valence-electron chi connectivity index (χ1n) is 7.47. The third-order valence-electron chi connectivity index (χ3n) is 3.87. The van der Waals surface area contributed by atoms with Gasteiger partial charge in [-0.1, -0.05) is 31.2 Å². The molecule has 23 heavy (non-hydrogen) atoms. The summed E-state index contributed by atoms with van der Waals surface area (Å²) >= 11 is 0. The number of rotatable bonds is 3. The van der Waals surface area contributed by atoms with E-state index in [2.05, 4.69) is 10.1 Å². The average molecular weight is 319 g/mol. The Hall–Kier alpha value is -2.37. The Morgan fingerprint density at radius 3 is 2.35 bits per heavy atom. The maximum absolute atomic E-state index is 13.4. The Labute approximate surface area is 131 Å². The van der Waals surface area contributed by atoms with Crippen LogP contribution in [0, 0.1) is 0 Å². The molecule has 120 valence electrons. The molecule has 0 amide bonds. The summed E-state index contributed by atoms with van der Waals surface area (Å²) in [5.74, 6) is 0. The molecule has 3 nitrogen and oxygen atoms in total. The van der Waals surface area contributed by atoms with Gasteiger partial charge in [0, 0.05) is 12.1 Å². The predicted octanol–water partition coefficient (Wildman–Crippen LogP) is 4.70. The summed E-state index contributed by atoms with van der Waals surface area (Å²) in [4.78, 5) is 4.41. The Balaban J connectivity index is 2.24. The Kier molecular flexibility index (Phi) is 3.83. The second kappa shape index (κ2) is 5.68. The van der Waals surface area contributed by atoms with Crippen molar-refractivity contribution in [3.8, 4) is 11.3 Å². The van der Waals surface area contributed by atoms with Gasteiger partial charge in [0.1, 0.15) is 0 Å². The maximum Gasteiger partial charge on any atom is 0.417 e. The van der Waals surface area contributed by atoms with Gasteiger partial charge in [0.25, 0.3) is 0 Å². The zero-order chi connectivity index (χ0) is 16.6. The van der Waals surface area contributed by atoms with E-state index in [1.807, 2.05) is 26.0 Å². The number of nitrogens with zero attached hydrogens (tertiary/aromatic N) is 3. The van der Waals surface area contributed by atoms with Crippen molar-refractivity contribution >= 4 is 11.0 Å². The lowest BCUT2D eigenvalue weighted by Crippen LogP contribution is -2.07. The van der Waals surface area contributed by atoms with Crippen LogP contribution in [0.25, 0.3) is 22.3 Å². The normalized spacial score (nSPS) is 12.0. The first-order valence-corrected chi connectivity index (χ1v) is 7.47. The van der Waals surface area contributed by atoms with E-state index in [9.17, 15) is 13.2 Å². The van der Waals surface area contributed by atoms with Crippen LogP contribution in [-0.2, 0) is 19.1 Å². The van der Waals surface area contributed by atoms with Crippen molar-refractivity contribution < 1.29 is 13.2 Å². The van der Waals surface area contributed by atoms with Crippen molar-refractivity contribution in [3.05, 3.63) is 47.7 Å². The summed E-state index contributed by atoms with van der Waals surface area (Å²) in [7, 11) is 0. The number of halogens is 3. The topological polar surface area (TPSA) is 30.7 Å². The van der Waals surface area contributed by atoms with Crippen LogP contribution in [0.3, 0.4) is 0 Å². The summed E-state index contributed by atoms with van der Waals surface area (Å²) in [5.41, 5.74) is 1.67. The SMILES string of the molecule is CCc1ccc(-c2cc(C(F)(F)F)c3cnn(CC)c3n2)cc1. The van der Waals surface area contributed by atoms with Gasteiger partial charge in [-0.15, -0.1) is 0 Å². The number of aryl methyl sites for hydroxylation is 2. The number of aromatic nitrogens is 3. The van der Waals surface area contributed by atoms with Gasteiger partial charge in [0.15, 0.2) is 5.65 Å². The fourth-order valence-corrected chi connectivity index (χ4v) is 2.57. The fourth-order valence-electron chi connectivity index (χ4n) is 2.57. The molecule has 0 unspecified atom stereocenters. The minimum absolute atomic E-state index is 0.0354. The second-order valence-corrected chi connectivity index (χ2v) is 5.30. The Morgan fingerprint density at radius 2 is 1.78 bits per heavy atom. The summed E-state index contributed by atoms with van der Waals surface area (Å²) in [6.45, 7) is 4.32. The molecule has 0 radical (unpaired) electrons. The van der Waals surface area contributed by atoms with Gasteiger partial charge in [-0.2, -0.15) is 18.3 Å². The number of fused-ring (bicyclic) bond motifs is 1. The number of hydrogen-bond donors (Lipinski definition) is 0. The van der Waals surface area contributed by atoms with E-state index in [0.717, 1.165) is 18.1 Å². The summed E-state index contributed by atoms with van der Waals surface area (Å²) in [6, 6.07) is 8.53. The second-order valence-electron chi connectivity index (χ2n) is 5.30. The molecule has 0 saturated heterocycles. The number of benzene rings is 1. The van der Waals surface area contributed by atoms with Crippen LogP contribution in [-0.4, -0.2) is 14.8 Å². The minimum atomic E-state index is -4.44. The Bertz CT molecular complexity index is 833. The van der Waals surface area contributed by atoms with Crippen molar-refractivity contribution in [3.63, 3.8) is 0 Å². The smallest absolute Gasteiger partial charge is 0.248 e. The lowest BCUT2D eigenvalue weighted by molar-refractivity contribution is -0.136. The quantitative estimate of drug-likeness (QED) is 0.700. The first kappa shape index (κ1) is 15.5. The lowest BCUT2D eigenvalue weighted by Gasteiger charge is -2.11. The highest BCUT2D eigenvalue weighted by atomic mass is 19.4. The van der Waals surface area contributed by atoms with Crippen LogP contribution in [0.15, 0.2) is 36.5 Å². The van der Waals surface area contributed by atoms with Gasteiger partial charge < -0.3 is 0 Å². The molecule has 3 rings (SSSR count). The van der Waals surface area contributed by atoms with Crippen LogP contribution in [0.5, 0.6) is 0 Å². The third kappa shape index (κ3) is 2.81. The van der Waals surface area contributed by atoms with Gasteiger partial charge in [-0.25, -0.2) is 9.67 Å². The monoisotopic (exact) mass is 319 g/mol. The van der Waals surface area contributed by atoms with Crippen LogP contribution in [0.1, 0.15) is 25.0 Å². The zero-order valence-corrected chi connectivity index (χ0v) is 12.9. The molecule has 2 aromatic heterocycles. The molecule has 0 atom stereocenters. The largest absolute Gasteiger partial charge is 0.417 e. The Morgan fingerprint density at radius 1 is 1.09 bits per heavy atom. The van der Waals surface area contributed by atoms with Crippen LogP contribution in [0.2, 0.25) is 0 Å². The fraction of sp³-hybridized carbons (Fsp3) is 0.294. The van der Waals surface area contributed by atoms with Crippen molar-refractivity contribution in [2.24, 2.45) is 0 Å². The zero-order valence-electron chi connectivity index (χ0n) is 12.9. The number of pyridine rings is 1. The average Bonchev–Trinajstić information content (AvgIpc) is 2.96. The van der Waals surface area contributed by atoms with Crippen LogP contribution < -0.4 is 0 Å². The van der Waals surface area contributed by atoms with Crippen molar-refractivity contribution in [2.45, 2.75) is 33.0 Å². The van der Waals surface area contributed by atoms with E-state index in [-0.39, 0.29) is 11.0 Å². The lowest BCUT2D eigenvalue weighted by atomic mass is 10.0. The van der Waals surface area contributed by atoms with Crippen LogP contribution >= 0.6 is 0 Å². The minimum Gasteiger partial charge on any atom is -0.248 e. The maximum atomic E-state index is 13.4. The molecule has 6 heteroatoms. The van der Waals surface area contributed by atoms with E-state index in [0.29, 0.717) is 17.8 Å². The highest BCUT2D eigenvalue weighted by Gasteiger charge is 2.34. The molecule has 0 N–H and O–H groups in total. The van der Waals surface area contributed by atoms with E-state index >= 15 is 0 Å². The molecule has 0 aliphatic rings. The third-order valence-corrected chi connectivity index (χ3v) is 3.87. The molecule has 0 spiro atoms. The van der Waals surface area contributed by atoms with E-state index < -0.39 is 11.7 Å². The van der Waals surface area contributed by atoms with Gasteiger partial charge in [0.05, 0.1) is 22.8 Å². The summed E-state index contributed by atoms with van der Waals surface area (Å²) < 4.78 is 41.6. The molecule has 0 aliphatic carbocycles. The molecule has 0 saturated carbocycles. The summed E-state index contributed by atoms with van der Waals surface area (Å²) in [6.07, 6.45) is -2.33. The molecule has 3 aromatic rings. The molecular weight excluding hydrogens is 303 g/mol. The van der Waals surface area contributed by atoms with Crippen molar-refractivity contribution in [1.82, 2.24) is 14.8 Å². The molecule has 0 fully saturated rings. The van der Waals surface area contributed by atoms with Gasteiger partial charge >= 0.3 is 6.18 Å². The molecule has 0 aliphatic heterocycles. The standard InChI is InChI=1S/C17H16F3N3/c1-3-11-5-7-12(8-6-11)15-9-14(17(18,19)20)13-10-21-23(4-2)16(13)22-15/h5-10H,3-4H2,1-2H3. The van der Waals surface area contributed by atoms with E-state index in [1.165, 1.54) is 10.9 Å². The summed E-state index contributed by atoms with van der Waals surface area (Å²) in [5, 5.41) is 4.04. The first-order chi connectivity index (χ1) is 10.9. The molecule has 1 aromatic carbocycles. The van der Waals surface area contributed by atoms with Gasteiger partial charge in [-0.3, -0.25) is 0 Å². The number of alkyl halides is 3. The molecule has 2 heterocycles. The molecule has 0 bridgehead atoms. The van der Waals surface area contributed by atoms with Gasteiger partial charge in [-0.05, 0) is 25.0 Å². The van der Waals surface area contributed by atoms with Gasteiger partial charge in [0.2, 0.25) is 0 Å². The van der Waals surface area contributed by atoms with E-state index in [4.69, 9.17) is 0 Å². The molecular formula is C17H16F3N3. The predicted molar refractivity (Wildman–Crippen MR) is 83.0 cm³/mol. The van der Waals surface area contributed by atoms with E-state index in [1.54, 1.807) is 12.1 Å².